The van der Waals surface area contributed by atoms with E-state index in [9.17, 15) is 4.79 Å². The Hall–Kier alpha value is -1.31. The molecule has 106 valence electrons. The third-order valence-electron chi connectivity index (χ3n) is 4.02. The predicted octanol–water partition coefficient (Wildman–Crippen LogP) is 4.85. The molecule has 1 aromatic rings. The monoisotopic (exact) mass is 262 g/mol. The van der Waals surface area contributed by atoms with E-state index in [1.54, 1.807) is 30.3 Å². The Kier molecular flexibility index (Phi) is 6.61. The van der Waals surface area contributed by atoms with Crippen molar-refractivity contribution in [3.05, 3.63) is 35.9 Å². The van der Waals surface area contributed by atoms with Crippen molar-refractivity contribution in [2.24, 2.45) is 17.8 Å². The summed E-state index contributed by atoms with van der Waals surface area (Å²) in [6.45, 7) is 7.11. The molecule has 0 atom stereocenters. The molecule has 0 bridgehead atoms. The Balaban J connectivity index is 0.000000191. The van der Waals surface area contributed by atoms with Crippen molar-refractivity contribution >= 4 is 5.97 Å². The van der Waals surface area contributed by atoms with Crippen LogP contribution in [0.25, 0.3) is 0 Å². The van der Waals surface area contributed by atoms with Crippen LogP contribution in [-0.4, -0.2) is 11.1 Å². The van der Waals surface area contributed by atoms with Crippen molar-refractivity contribution in [3.63, 3.8) is 0 Å². The van der Waals surface area contributed by atoms with Gasteiger partial charge in [-0.1, -0.05) is 51.8 Å². The highest BCUT2D eigenvalue weighted by molar-refractivity contribution is 5.87. The van der Waals surface area contributed by atoms with Crippen LogP contribution in [0.3, 0.4) is 0 Å². The highest BCUT2D eigenvalue weighted by Gasteiger charge is 2.19. The molecular formula is C17H26O2. The molecule has 19 heavy (non-hydrogen) atoms. The second-order valence-corrected chi connectivity index (χ2v) is 5.94. The molecule has 1 saturated carbocycles. The van der Waals surface area contributed by atoms with Gasteiger partial charge in [0.15, 0.2) is 0 Å². The van der Waals surface area contributed by atoms with Crippen molar-refractivity contribution in [2.45, 2.75) is 46.5 Å². The van der Waals surface area contributed by atoms with Gasteiger partial charge in [-0.15, -0.1) is 0 Å². The Bertz CT molecular complexity index is 362. The third-order valence-corrected chi connectivity index (χ3v) is 4.02. The van der Waals surface area contributed by atoms with E-state index >= 15 is 0 Å². The fraction of sp³-hybridized carbons (Fsp3) is 0.588. The molecule has 1 aromatic carbocycles. The molecule has 2 nitrogen and oxygen atoms in total. The lowest BCUT2D eigenvalue weighted by Gasteiger charge is -2.28. The van der Waals surface area contributed by atoms with Crippen LogP contribution < -0.4 is 0 Å². The van der Waals surface area contributed by atoms with Gasteiger partial charge in [-0.05, 0) is 42.7 Å². The minimum absolute atomic E-state index is 0.331. The summed E-state index contributed by atoms with van der Waals surface area (Å²) in [4.78, 5) is 10.2. The molecule has 1 fully saturated rings. The van der Waals surface area contributed by atoms with E-state index in [1.807, 2.05) is 0 Å². The molecule has 1 aliphatic carbocycles. The van der Waals surface area contributed by atoms with E-state index in [-0.39, 0.29) is 0 Å². The largest absolute Gasteiger partial charge is 0.478 e. The number of hydrogen-bond acceptors (Lipinski definition) is 1. The summed E-state index contributed by atoms with van der Waals surface area (Å²) in [6.07, 6.45) is 5.92. The quantitative estimate of drug-likeness (QED) is 0.827. The number of carbonyl (C=O) groups is 1. The summed E-state index contributed by atoms with van der Waals surface area (Å²) in [5.41, 5.74) is 0.331. The number of rotatable bonds is 2. The van der Waals surface area contributed by atoms with Crippen molar-refractivity contribution < 1.29 is 9.90 Å². The first-order valence-corrected chi connectivity index (χ1v) is 7.29. The van der Waals surface area contributed by atoms with Gasteiger partial charge in [0, 0.05) is 0 Å². The molecule has 0 spiro atoms. The lowest BCUT2D eigenvalue weighted by Crippen LogP contribution is -2.16. The molecule has 2 rings (SSSR count). The van der Waals surface area contributed by atoms with Gasteiger partial charge in [0.1, 0.15) is 0 Å². The number of benzene rings is 1. The first-order chi connectivity index (χ1) is 9.00. The van der Waals surface area contributed by atoms with Gasteiger partial charge in [0.05, 0.1) is 5.56 Å². The van der Waals surface area contributed by atoms with Crippen LogP contribution in [0.2, 0.25) is 0 Å². The smallest absolute Gasteiger partial charge is 0.335 e. The second-order valence-electron chi connectivity index (χ2n) is 5.94. The molecule has 1 aliphatic rings. The maximum atomic E-state index is 10.2. The van der Waals surface area contributed by atoms with E-state index in [0.29, 0.717) is 5.56 Å². The van der Waals surface area contributed by atoms with E-state index in [4.69, 9.17) is 5.11 Å². The maximum absolute atomic E-state index is 10.2. The van der Waals surface area contributed by atoms with E-state index < -0.39 is 5.97 Å². The van der Waals surface area contributed by atoms with Crippen LogP contribution in [0.15, 0.2) is 30.3 Å². The number of aromatic carboxylic acids is 1. The average Bonchev–Trinajstić information content (AvgIpc) is 2.41. The zero-order chi connectivity index (χ0) is 14.3. The molecule has 0 saturated heterocycles. The SMILES string of the molecule is CC1CCC(C(C)C)CC1.O=C(O)c1ccccc1. The van der Waals surface area contributed by atoms with Crippen molar-refractivity contribution in [2.75, 3.05) is 0 Å². The van der Waals surface area contributed by atoms with Crippen LogP contribution in [0.5, 0.6) is 0 Å². The zero-order valence-corrected chi connectivity index (χ0v) is 12.3. The first-order valence-electron chi connectivity index (χ1n) is 7.29. The van der Waals surface area contributed by atoms with Crippen LogP contribution >= 0.6 is 0 Å². The molecular weight excluding hydrogens is 236 g/mol. The molecule has 0 unspecified atom stereocenters. The fourth-order valence-corrected chi connectivity index (χ4v) is 2.53. The molecule has 0 aliphatic heterocycles. The van der Waals surface area contributed by atoms with Crippen molar-refractivity contribution in [1.82, 2.24) is 0 Å². The van der Waals surface area contributed by atoms with E-state index in [2.05, 4.69) is 20.8 Å². The molecule has 0 amide bonds. The highest BCUT2D eigenvalue weighted by Crippen LogP contribution is 2.32. The van der Waals surface area contributed by atoms with Gasteiger partial charge in [-0.3, -0.25) is 0 Å². The third kappa shape index (κ3) is 5.91. The van der Waals surface area contributed by atoms with Gasteiger partial charge in [0.25, 0.3) is 0 Å². The summed E-state index contributed by atoms with van der Waals surface area (Å²) in [6, 6.07) is 8.30. The van der Waals surface area contributed by atoms with Crippen molar-refractivity contribution in [3.8, 4) is 0 Å². The van der Waals surface area contributed by atoms with E-state index in [0.717, 1.165) is 17.8 Å². The molecule has 0 radical (unpaired) electrons. The summed E-state index contributed by atoms with van der Waals surface area (Å²) in [5.74, 6) is 2.09. The molecule has 1 N–H and O–H groups in total. The average molecular weight is 262 g/mol. The zero-order valence-electron chi connectivity index (χ0n) is 12.3. The Morgan fingerprint density at radius 3 is 2.00 bits per heavy atom. The minimum atomic E-state index is -0.879. The van der Waals surface area contributed by atoms with Crippen LogP contribution in [0.4, 0.5) is 0 Å². The number of carboxylic acids is 1. The molecule has 2 heteroatoms. The summed E-state index contributed by atoms with van der Waals surface area (Å²) >= 11 is 0. The number of hydrogen-bond donors (Lipinski definition) is 1. The summed E-state index contributed by atoms with van der Waals surface area (Å²) in [7, 11) is 0. The standard InChI is InChI=1S/C10H20.C7H6O2/c1-8(2)10-6-4-9(3)5-7-10;8-7(9)6-4-2-1-3-5-6/h8-10H,4-7H2,1-3H3;1-5H,(H,8,9). The number of carboxylic acid groups (broad SMARTS) is 1. The lowest BCUT2D eigenvalue weighted by molar-refractivity contribution is 0.0697. The second kappa shape index (κ2) is 7.98. The fourth-order valence-electron chi connectivity index (χ4n) is 2.53. The normalized spacial score (nSPS) is 22.5. The Labute approximate surface area is 116 Å². The molecule has 0 aromatic heterocycles. The summed E-state index contributed by atoms with van der Waals surface area (Å²) in [5, 5.41) is 8.38. The highest BCUT2D eigenvalue weighted by atomic mass is 16.4. The van der Waals surface area contributed by atoms with Gasteiger partial charge in [0.2, 0.25) is 0 Å². The topological polar surface area (TPSA) is 37.3 Å². The van der Waals surface area contributed by atoms with Gasteiger partial charge < -0.3 is 5.11 Å². The van der Waals surface area contributed by atoms with Crippen LogP contribution in [0.1, 0.15) is 56.8 Å². The van der Waals surface area contributed by atoms with E-state index in [1.165, 1.54) is 25.7 Å². The lowest BCUT2D eigenvalue weighted by atomic mass is 9.78. The molecule has 0 heterocycles. The van der Waals surface area contributed by atoms with Crippen molar-refractivity contribution in [1.29, 1.82) is 0 Å². The van der Waals surface area contributed by atoms with Crippen LogP contribution in [0, 0.1) is 17.8 Å². The van der Waals surface area contributed by atoms with Crippen LogP contribution in [-0.2, 0) is 0 Å². The Morgan fingerprint density at radius 1 is 1.11 bits per heavy atom. The van der Waals surface area contributed by atoms with Gasteiger partial charge >= 0.3 is 5.97 Å². The minimum Gasteiger partial charge on any atom is -0.478 e. The summed E-state index contributed by atoms with van der Waals surface area (Å²) < 4.78 is 0. The maximum Gasteiger partial charge on any atom is 0.335 e. The first kappa shape index (κ1) is 15.7. The predicted molar refractivity (Wildman–Crippen MR) is 79.4 cm³/mol. The van der Waals surface area contributed by atoms with Gasteiger partial charge in [-0.2, -0.15) is 0 Å². The van der Waals surface area contributed by atoms with Gasteiger partial charge in [-0.25, -0.2) is 4.79 Å². The Morgan fingerprint density at radius 2 is 1.63 bits per heavy atom.